The van der Waals surface area contributed by atoms with E-state index in [1.807, 2.05) is 0 Å². The maximum atomic E-state index is 2.55. The number of benzene rings is 2. The summed E-state index contributed by atoms with van der Waals surface area (Å²) in [6.07, 6.45) is 16.2. The second kappa shape index (κ2) is 8.65. The Balaban J connectivity index is 1.15. The number of hydrogen-bond donors (Lipinski definition) is 0. The van der Waals surface area contributed by atoms with E-state index in [1.54, 1.807) is 24.0 Å². The van der Waals surface area contributed by atoms with Crippen LogP contribution >= 0.6 is 0 Å². The first-order valence-corrected chi connectivity index (χ1v) is 14.7. The van der Waals surface area contributed by atoms with Gasteiger partial charge in [-0.1, -0.05) is 49.2 Å². The minimum Gasteiger partial charge on any atom is -0.369 e. The summed E-state index contributed by atoms with van der Waals surface area (Å²) >= 11 is 0. The molecule has 0 N–H and O–H groups in total. The number of rotatable bonds is 5. The lowest BCUT2D eigenvalue weighted by Gasteiger charge is -2.64. The molecule has 4 bridgehead atoms. The van der Waals surface area contributed by atoms with Crippen molar-refractivity contribution in [1.82, 2.24) is 4.90 Å². The van der Waals surface area contributed by atoms with E-state index in [4.69, 9.17) is 0 Å². The van der Waals surface area contributed by atoms with Crippen molar-refractivity contribution in [2.75, 3.05) is 38.1 Å². The van der Waals surface area contributed by atoms with Crippen molar-refractivity contribution in [3.63, 3.8) is 0 Å². The Morgan fingerprint density at radius 1 is 0.800 bits per heavy atom. The van der Waals surface area contributed by atoms with Gasteiger partial charge in [-0.05, 0) is 122 Å². The molecule has 1 aliphatic heterocycles. The van der Waals surface area contributed by atoms with Gasteiger partial charge in [0.1, 0.15) is 0 Å². The van der Waals surface area contributed by atoms with Gasteiger partial charge in [0.25, 0.3) is 0 Å². The molecule has 35 heavy (non-hydrogen) atoms. The van der Waals surface area contributed by atoms with E-state index in [1.165, 1.54) is 75.7 Å². The highest BCUT2D eigenvalue weighted by atomic mass is 15.2. The van der Waals surface area contributed by atoms with Crippen LogP contribution in [0, 0.1) is 23.2 Å². The van der Waals surface area contributed by atoms with Crippen molar-refractivity contribution in [3.05, 3.63) is 65.2 Å². The van der Waals surface area contributed by atoms with Gasteiger partial charge in [-0.15, -0.1) is 0 Å². The van der Waals surface area contributed by atoms with Gasteiger partial charge in [0, 0.05) is 31.9 Å². The summed E-state index contributed by atoms with van der Waals surface area (Å²) in [7, 11) is 2.23. The lowest BCUT2D eigenvalue weighted by atomic mass is 9.40. The Labute approximate surface area is 213 Å². The second-order valence-electron chi connectivity index (χ2n) is 13.4. The van der Waals surface area contributed by atoms with Gasteiger partial charge in [-0.2, -0.15) is 0 Å². The summed E-state index contributed by atoms with van der Waals surface area (Å²) in [6.45, 7) is 4.63. The molecule has 0 amide bonds. The molecule has 5 aliphatic carbocycles. The Kier molecular flexibility index (Phi) is 5.54. The Morgan fingerprint density at radius 2 is 1.49 bits per heavy atom. The lowest BCUT2D eigenvalue weighted by molar-refractivity contribution is -0.102. The van der Waals surface area contributed by atoms with Crippen molar-refractivity contribution >= 4 is 5.69 Å². The number of hydrogen-bond acceptors (Lipinski definition) is 2. The monoisotopic (exact) mass is 468 g/mol. The van der Waals surface area contributed by atoms with Crippen molar-refractivity contribution in [2.45, 2.75) is 76.0 Å². The fraction of sp³-hybridized carbons (Fsp3) is 0.636. The van der Waals surface area contributed by atoms with E-state index in [0.29, 0.717) is 10.8 Å². The standard InChI is InChI=1S/C33H44N2/c1-34-14-16-35(17-15-34)30-12-10-25(11-13-30)19-28-6-2-5-9-31(28)33-22-26-18-27(23-33)21-32(20-26,24-33)29-7-3-4-8-29/h2,5-6,9-13,26-27,29H,3-4,7-8,14-24H2,1H3. The van der Waals surface area contributed by atoms with Gasteiger partial charge in [-0.25, -0.2) is 0 Å². The molecule has 0 aromatic heterocycles. The summed E-state index contributed by atoms with van der Waals surface area (Å²) in [5.74, 6) is 3.02. The molecule has 8 rings (SSSR count). The summed E-state index contributed by atoms with van der Waals surface area (Å²) in [5, 5.41) is 0. The Bertz CT molecular complexity index is 1030. The highest BCUT2D eigenvalue weighted by Gasteiger charge is 2.60. The van der Waals surface area contributed by atoms with Crippen LogP contribution in [-0.2, 0) is 11.8 Å². The molecular weight excluding hydrogens is 424 g/mol. The zero-order valence-corrected chi connectivity index (χ0v) is 21.9. The summed E-state index contributed by atoms with van der Waals surface area (Å²) < 4.78 is 0. The van der Waals surface area contributed by atoms with Crippen LogP contribution in [0.3, 0.4) is 0 Å². The molecule has 2 aromatic rings. The third kappa shape index (κ3) is 3.95. The van der Waals surface area contributed by atoms with Crippen LogP contribution in [0.25, 0.3) is 0 Å². The minimum absolute atomic E-state index is 0.461. The molecule has 6 aliphatic rings. The van der Waals surface area contributed by atoms with E-state index in [-0.39, 0.29) is 0 Å². The average Bonchev–Trinajstić information content (AvgIpc) is 3.41. The summed E-state index contributed by atoms with van der Waals surface area (Å²) in [5.41, 5.74) is 7.37. The molecular formula is C33H44N2. The first-order chi connectivity index (χ1) is 17.1. The second-order valence-corrected chi connectivity index (χ2v) is 13.4. The molecule has 6 fully saturated rings. The zero-order valence-electron chi connectivity index (χ0n) is 21.9. The number of likely N-dealkylation sites (N-methyl/N-ethyl adjacent to an activating group) is 1. The average molecular weight is 469 g/mol. The maximum absolute atomic E-state index is 2.55. The molecule has 2 unspecified atom stereocenters. The normalized spacial score (nSPS) is 35.2. The van der Waals surface area contributed by atoms with Gasteiger partial charge in [0.15, 0.2) is 0 Å². The van der Waals surface area contributed by atoms with E-state index >= 15 is 0 Å². The SMILES string of the molecule is CN1CCN(c2ccc(Cc3ccccc3C34CC5CC(C3)CC(C3CCCC3)(C5)C4)cc2)CC1. The predicted octanol–water partition coefficient (Wildman–Crippen LogP) is 7.06. The Hall–Kier alpha value is -1.80. The highest BCUT2D eigenvalue weighted by molar-refractivity contribution is 5.49. The highest BCUT2D eigenvalue weighted by Crippen LogP contribution is 2.69. The fourth-order valence-electron chi connectivity index (χ4n) is 9.97. The lowest BCUT2D eigenvalue weighted by Crippen LogP contribution is -2.56. The molecule has 2 aromatic carbocycles. The first-order valence-electron chi connectivity index (χ1n) is 14.7. The van der Waals surface area contributed by atoms with E-state index in [2.05, 4.69) is 65.4 Å². The number of piperazine rings is 1. The van der Waals surface area contributed by atoms with Gasteiger partial charge in [0.2, 0.25) is 0 Å². The molecule has 2 nitrogen and oxygen atoms in total. The van der Waals surface area contributed by atoms with E-state index < -0.39 is 0 Å². The maximum Gasteiger partial charge on any atom is 0.0367 e. The minimum atomic E-state index is 0.461. The van der Waals surface area contributed by atoms with Gasteiger partial charge < -0.3 is 9.80 Å². The molecule has 1 saturated heterocycles. The van der Waals surface area contributed by atoms with Crippen molar-refractivity contribution in [2.24, 2.45) is 23.2 Å². The molecule has 186 valence electrons. The Morgan fingerprint density at radius 3 is 2.20 bits per heavy atom. The van der Waals surface area contributed by atoms with E-state index in [9.17, 15) is 0 Å². The van der Waals surface area contributed by atoms with Crippen LogP contribution in [0.15, 0.2) is 48.5 Å². The van der Waals surface area contributed by atoms with Gasteiger partial charge >= 0.3 is 0 Å². The summed E-state index contributed by atoms with van der Waals surface area (Å²) in [6, 6.07) is 19.2. The topological polar surface area (TPSA) is 6.48 Å². The van der Waals surface area contributed by atoms with Crippen LogP contribution in [-0.4, -0.2) is 38.1 Å². The van der Waals surface area contributed by atoms with Gasteiger partial charge in [0.05, 0.1) is 0 Å². The molecule has 5 saturated carbocycles. The fourth-order valence-corrected chi connectivity index (χ4v) is 9.97. The molecule has 1 heterocycles. The van der Waals surface area contributed by atoms with Crippen molar-refractivity contribution in [3.8, 4) is 0 Å². The zero-order chi connectivity index (χ0) is 23.5. The molecule has 0 radical (unpaired) electrons. The smallest absolute Gasteiger partial charge is 0.0367 e. The van der Waals surface area contributed by atoms with Gasteiger partial charge in [-0.3, -0.25) is 0 Å². The number of anilines is 1. The largest absolute Gasteiger partial charge is 0.369 e. The molecule has 0 spiro atoms. The van der Waals surface area contributed by atoms with Crippen molar-refractivity contribution in [1.29, 1.82) is 0 Å². The molecule has 2 atom stereocenters. The summed E-state index contributed by atoms with van der Waals surface area (Å²) in [4.78, 5) is 4.98. The quantitative estimate of drug-likeness (QED) is 0.463. The van der Waals surface area contributed by atoms with Crippen LogP contribution in [0.1, 0.15) is 80.9 Å². The molecule has 2 heteroatoms. The third-order valence-corrected chi connectivity index (χ3v) is 11.1. The number of nitrogens with zero attached hydrogens (tertiary/aromatic N) is 2. The predicted molar refractivity (Wildman–Crippen MR) is 146 cm³/mol. The third-order valence-electron chi connectivity index (χ3n) is 11.1. The van der Waals surface area contributed by atoms with Crippen molar-refractivity contribution < 1.29 is 0 Å². The van der Waals surface area contributed by atoms with Crippen LogP contribution in [0.4, 0.5) is 5.69 Å². The first kappa shape index (κ1) is 22.4. The van der Waals surface area contributed by atoms with Crippen LogP contribution in [0.2, 0.25) is 0 Å². The van der Waals surface area contributed by atoms with Crippen LogP contribution < -0.4 is 4.90 Å². The van der Waals surface area contributed by atoms with Crippen LogP contribution in [0.5, 0.6) is 0 Å². The van der Waals surface area contributed by atoms with E-state index in [0.717, 1.165) is 37.3 Å².